The lowest BCUT2D eigenvalue weighted by Crippen LogP contribution is -2.50. The van der Waals surface area contributed by atoms with E-state index in [1.807, 2.05) is 21.8 Å². The maximum atomic E-state index is 14.8. The Labute approximate surface area is 641 Å². The number of H-pyrrole nitrogens is 3. The van der Waals surface area contributed by atoms with Crippen LogP contribution in [0.25, 0.3) is 68.5 Å². The summed E-state index contributed by atoms with van der Waals surface area (Å²) in [4.78, 5) is 90.7. The molecule has 18 rings (SSSR count). The lowest BCUT2D eigenvalue weighted by molar-refractivity contribution is -0.122. The molecule has 0 bridgehead atoms. The van der Waals surface area contributed by atoms with Crippen LogP contribution in [0.3, 0.4) is 0 Å². The number of anilines is 3. The van der Waals surface area contributed by atoms with Crippen molar-refractivity contribution in [1.82, 2.24) is 119 Å². The Balaban J connectivity index is 0.000000132. The van der Waals surface area contributed by atoms with E-state index in [1.165, 1.54) is 31.2 Å². The average molecular weight is 1550 g/mol. The zero-order chi connectivity index (χ0) is 77.7. The van der Waals surface area contributed by atoms with E-state index in [2.05, 4.69) is 118 Å². The van der Waals surface area contributed by atoms with Gasteiger partial charge in [0.05, 0.1) is 104 Å². The summed E-state index contributed by atoms with van der Waals surface area (Å²) < 4.78 is 75.2. The molecule has 6 aliphatic rings. The average Bonchev–Trinajstić information content (AvgIpc) is 1.67. The summed E-state index contributed by atoms with van der Waals surface area (Å²) in [6.07, 6.45) is 36.2. The third-order valence-corrected chi connectivity index (χ3v) is 20.8. The molecule has 3 amide bonds. The first-order chi connectivity index (χ1) is 55.3. The lowest BCUT2D eigenvalue weighted by atomic mass is 9.85. The van der Waals surface area contributed by atoms with Gasteiger partial charge in [0.25, 0.3) is 24.2 Å². The molecular weight excluding hydrogens is 1470 g/mol. The van der Waals surface area contributed by atoms with Crippen LogP contribution in [0.5, 0.6) is 0 Å². The Morgan fingerprint density at radius 3 is 1.38 bits per heavy atom. The molecule has 3 saturated carbocycles. The summed E-state index contributed by atoms with van der Waals surface area (Å²) in [7, 11) is 2.15. The van der Waals surface area contributed by atoms with Gasteiger partial charge in [-0.3, -0.25) is 83.2 Å². The first-order valence-electron chi connectivity index (χ1n) is 37.0. The van der Waals surface area contributed by atoms with Crippen molar-refractivity contribution in [1.29, 1.82) is 0 Å². The smallest absolute Gasteiger partial charge is 0.290 e. The molecule has 0 aromatic carbocycles. The number of oxazole rings is 3. The number of pyridine rings is 1. The highest BCUT2D eigenvalue weighted by atomic mass is 19.1. The number of nitrogens with zero attached hydrogens (tertiary/aromatic N) is 21. The summed E-state index contributed by atoms with van der Waals surface area (Å²) in [5.41, 5.74) is 4.70. The van der Waals surface area contributed by atoms with Gasteiger partial charge in [-0.2, -0.15) is 39.4 Å². The predicted molar refractivity (Wildman–Crippen MR) is 395 cm³/mol. The van der Waals surface area contributed by atoms with Crippen molar-refractivity contribution >= 4 is 41.3 Å². The van der Waals surface area contributed by atoms with E-state index in [0.29, 0.717) is 69.3 Å². The van der Waals surface area contributed by atoms with Gasteiger partial charge in [-0.05, 0) is 83.4 Å². The molecule has 12 aromatic rings. The minimum absolute atomic E-state index is 0.000495. The third kappa shape index (κ3) is 18.0. The van der Waals surface area contributed by atoms with Crippen LogP contribution >= 0.6 is 0 Å². The van der Waals surface area contributed by atoms with E-state index in [0.717, 1.165) is 155 Å². The van der Waals surface area contributed by atoms with Gasteiger partial charge in [-0.15, -0.1) is 0 Å². The van der Waals surface area contributed by atoms with Crippen molar-refractivity contribution in [3.8, 4) is 68.5 Å². The molecule has 0 unspecified atom stereocenters. The van der Waals surface area contributed by atoms with Crippen LogP contribution in [0.4, 0.5) is 30.2 Å². The van der Waals surface area contributed by atoms with Crippen molar-refractivity contribution in [3.05, 3.63) is 152 Å². The van der Waals surface area contributed by atoms with E-state index in [9.17, 15) is 27.6 Å². The Kier molecular flexibility index (Phi) is 23.8. The molecule has 7 N–H and O–H groups in total. The SMILES string of the molecule is CN1CCN(C2CCC(n3cc(NC(=O)c4coc(-c5cn[nH]c5)n4)c(-c4nc(F)ccc4F)n3)CC2)CC1.O=C(Nc1cn(C2CC(N3CCOCC3)C2)nc1-c1cnccn1)c1coc(-c2cn[nH]c2)n1.O=C(Nc1cn(C2CCC(N3CCOCC3)CC2)nc1-c1cnccn1)c1coc(-c2cn[nH]c2F)n1.O=CO. The van der Waals surface area contributed by atoms with Crippen molar-refractivity contribution in [3.63, 3.8) is 0 Å². The van der Waals surface area contributed by atoms with Crippen molar-refractivity contribution in [2.24, 2.45) is 0 Å². The van der Waals surface area contributed by atoms with E-state index < -0.39 is 35.4 Å². The number of ether oxygens (including phenoxy) is 2. The van der Waals surface area contributed by atoms with Gasteiger partial charge in [-0.1, -0.05) is 0 Å². The fraction of sp³-hybridized carbons (Fsp3) is 0.397. The Bertz CT molecular complexity index is 5100. The van der Waals surface area contributed by atoms with Crippen LogP contribution < -0.4 is 16.0 Å². The number of nitrogens with one attached hydrogen (secondary N) is 6. The standard InChI is InChI=1S/C26H29F2N9O2.C24H26FN9O3.C22H23N9O3.CH2O2/c1-35-8-10-36(11-9-35)17-2-4-18(5-3-17)37-14-20(24(34-37)23-19(27)6-7-22(28)33-23)31-25(38)21-15-39-26(32-21)16-12-29-30-13-16;25-22-17(11-28-31-22)24-30-20(14-37-24)23(35)29-19-13-34(32-21(19)18-12-26-5-6-27-18)16-3-1-15(2-4-16)33-7-9-36-10-8-33;32-21(19-13-34-22(28-19)14-9-25-26-10-14)27-18-12-31(29-20(18)17-11-23-1-2-24-17)16-7-15(8-16)30-3-5-33-6-4-30;2-1-3/h6-7,12-15,17-18H,2-5,8-11H2,1H3,(H,29,30)(H,31,38);5-6,11-16H,1-4,7-10H2,(H,28,31)(H,29,35);1-2,9-13,15-16H,3-8H2,(H,25,26)(H,27,32);1H,(H,2,3). The largest absolute Gasteiger partial charge is 0.483 e. The van der Waals surface area contributed by atoms with Crippen molar-refractivity contribution in [2.75, 3.05) is 102 Å². The van der Waals surface area contributed by atoms with E-state index in [4.69, 9.17) is 42.8 Å². The van der Waals surface area contributed by atoms with Gasteiger partial charge in [0.2, 0.25) is 29.6 Å². The Morgan fingerprint density at radius 1 is 0.496 bits per heavy atom. The number of carbonyl (C=O) groups excluding carboxylic acids is 3. The number of hydrogen-bond donors (Lipinski definition) is 7. The zero-order valence-electron chi connectivity index (χ0n) is 61.2. The number of amides is 3. The first-order valence-corrected chi connectivity index (χ1v) is 37.0. The molecule has 113 heavy (non-hydrogen) atoms. The van der Waals surface area contributed by atoms with Crippen LogP contribution in [0.1, 0.15) is 114 Å². The van der Waals surface area contributed by atoms with Crippen molar-refractivity contribution in [2.45, 2.75) is 100 Å². The zero-order valence-corrected chi connectivity index (χ0v) is 61.2. The van der Waals surface area contributed by atoms with E-state index in [1.54, 1.807) is 66.7 Å². The number of carboxylic acid groups (broad SMARTS) is 1. The Hall–Kier alpha value is -12.4. The summed E-state index contributed by atoms with van der Waals surface area (Å²) in [6, 6.07) is 4.11. The highest BCUT2D eigenvalue weighted by Crippen LogP contribution is 2.41. The highest BCUT2D eigenvalue weighted by molar-refractivity contribution is 6.06. The maximum Gasteiger partial charge on any atom is 0.290 e. The number of aromatic amines is 3. The van der Waals surface area contributed by atoms with Gasteiger partial charge >= 0.3 is 0 Å². The predicted octanol–water partition coefficient (Wildman–Crippen LogP) is 8.22. The van der Waals surface area contributed by atoms with Gasteiger partial charge in [-0.25, -0.2) is 24.3 Å². The van der Waals surface area contributed by atoms with Gasteiger partial charge in [0.1, 0.15) is 58.5 Å². The van der Waals surface area contributed by atoms with E-state index >= 15 is 0 Å². The molecule has 3 aliphatic carbocycles. The quantitative estimate of drug-likeness (QED) is 0.0314. The van der Waals surface area contributed by atoms with Crippen molar-refractivity contribution < 1.29 is 60.2 Å². The second-order valence-corrected chi connectivity index (χ2v) is 27.8. The molecule has 6 fully saturated rings. The van der Waals surface area contributed by atoms with Crippen LogP contribution in [0.2, 0.25) is 0 Å². The number of likely N-dealkylation sites (N-methyl/N-ethyl adjacent to an activating group) is 1. The number of piperazine rings is 1. The van der Waals surface area contributed by atoms with Gasteiger partial charge in [0, 0.05) is 126 Å². The monoisotopic (exact) mass is 1550 g/mol. The molecule has 40 heteroatoms. The number of carbonyl (C=O) groups is 4. The number of halogens is 3. The fourth-order valence-corrected chi connectivity index (χ4v) is 14.7. The van der Waals surface area contributed by atoms with Gasteiger partial charge in [0.15, 0.2) is 22.9 Å². The summed E-state index contributed by atoms with van der Waals surface area (Å²) in [6.45, 7) is 11.2. The second-order valence-electron chi connectivity index (χ2n) is 27.8. The molecule has 0 spiro atoms. The minimum atomic E-state index is -0.841. The van der Waals surface area contributed by atoms with Crippen LogP contribution in [0.15, 0.2) is 131 Å². The molecule has 588 valence electrons. The van der Waals surface area contributed by atoms with Crippen LogP contribution in [-0.2, 0) is 14.3 Å². The molecular formula is C73H80F3N27O10. The summed E-state index contributed by atoms with van der Waals surface area (Å²) >= 11 is 0. The number of rotatable bonds is 18. The van der Waals surface area contributed by atoms with Gasteiger partial charge < -0.3 is 48.7 Å². The highest BCUT2D eigenvalue weighted by Gasteiger charge is 2.38. The molecule has 3 aliphatic heterocycles. The van der Waals surface area contributed by atoms with Crippen LogP contribution in [-0.4, -0.2) is 253 Å². The molecule has 0 radical (unpaired) electrons. The Morgan fingerprint density at radius 2 is 0.929 bits per heavy atom. The molecule has 12 aromatic heterocycles. The van der Waals surface area contributed by atoms with E-state index in [-0.39, 0.29) is 76.1 Å². The number of hydrogen-bond acceptors (Lipinski definition) is 27. The first kappa shape index (κ1) is 76.0. The number of morpholine rings is 2. The molecule has 15 heterocycles. The minimum Gasteiger partial charge on any atom is -0.483 e. The summed E-state index contributed by atoms with van der Waals surface area (Å²) in [5, 5.41) is 48.5. The maximum absolute atomic E-state index is 14.8. The molecule has 3 saturated heterocycles. The third-order valence-electron chi connectivity index (χ3n) is 20.8. The topological polar surface area (TPSA) is 438 Å². The van der Waals surface area contributed by atoms with Crippen LogP contribution in [0, 0.1) is 17.7 Å². The lowest BCUT2D eigenvalue weighted by Gasteiger charge is -2.44. The number of aromatic nitrogens is 20. The summed E-state index contributed by atoms with van der Waals surface area (Å²) in [5.74, 6) is -3.27. The normalized spacial score (nSPS) is 20.3. The fourth-order valence-electron chi connectivity index (χ4n) is 14.7. The molecule has 0 atom stereocenters. The molecule has 37 nitrogen and oxygen atoms in total. The second kappa shape index (κ2) is 35.3.